The molecule has 3 aromatic heterocycles. The summed E-state index contributed by atoms with van der Waals surface area (Å²) in [6.45, 7) is 2.27. The lowest BCUT2D eigenvalue weighted by atomic mass is 9.96. The maximum absolute atomic E-state index is 11.1. The van der Waals surface area contributed by atoms with Crippen molar-refractivity contribution in [3.63, 3.8) is 0 Å². The highest BCUT2D eigenvalue weighted by molar-refractivity contribution is 5.85. The quantitative estimate of drug-likeness (QED) is 0.730. The van der Waals surface area contributed by atoms with Gasteiger partial charge in [0.2, 0.25) is 0 Å². The molecule has 0 atom stereocenters. The largest absolute Gasteiger partial charge is 0.477 e. The van der Waals surface area contributed by atoms with Crippen molar-refractivity contribution in [2.45, 2.75) is 25.3 Å². The van der Waals surface area contributed by atoms with Gasteiger partial charge in [-0.3, -0.25) is 0 Å². The lowest BCUT2D eigenvalue weighted by molar-refractivity contribution is 0.0690. The van der Waals surface area contributed by atoms with Gasteiger partial charge in [0.25, 0.3) is 0 Å². The smallest absolute Gasteiger partial charge is 0.354 e. The predicted molar refractivity (Wildman–Crippen MR) is 97.7 cm³/mol. The third-order valence-electron chi connectivity index (χ3n) is 5.02. The van der Waals surface area contributed by atoms with Crippen LogP contribution in [0.15, 0.2) is 36.9 Å². The van der Waals surface area contributed by atoms with Gasteiger partial charge < -0.3 is 19.1 Å². The number of carboxylic acids is 1. The van der Waals surface area contributed by atoms with Crippen LogP contribution < -0.4 is 4.90 Å². The van der Waals surface area contributed by atoms with Crippen molar-refractivity contribution in [2.24, 2.45) is 7.05 Å². The Labute approximate surface area is 156 Å². The summed E-state index contributed by atoms with van der Waals surface area (Å²) in [6.07, 6.45) is 7.28. The van der Waals surface area contributed by atoms with Crippen molar-refractivity contribution in [1.29, 1.82) is 0 Å². The van der Waals surface area contributed by atoms with Gasteiger partial charge in [0, 0.05) is 38.4 Å². The molecule has 1 aliphatic heterocycles. The van der Waals surface area contributed by atoms with Crippen LogP contribution in [0, 0.1) is 0 Å². The molecule has 4 heterocycles. The van der Waals surface area contributed by atoms with E-state index in [0.29, 0.717) is 18.3 Å². The molecule has 0 aromatic carbocycles. The van der Waals surface area contributed by atoms with Gasteiger partial charge in [0.05, 0.1) is 12.9 Å². The molecule has 9 heteroatoms. The molecule has 0 amide bonds. The molecule has 0 radical (unpaired) electrons. The van der Waals surface area contributed by atoms with Crippen LogP contribution in [0.4, 0.5) is 5.82 Å². The first kappa shape index (κ1) is 17.2. The molecule has 0 bridgehead atoms. The molecule has 0 saturated carbocycles. The SMILES string of the molecule is Cn1c(Cn2ccnc2)nnc1C1CCN(c2cccc(C(=O)O)n2)CC1. The van der Waals surface area contributed by atoms with E-state index in [-0.39, 0.29) is 5.69 Å². The standard InChI is InChI=1S/C18H21N7O2/c1-23-16(11-24-10-7-19-12-24)21-22-17(23)13-5-8-25(9-6-13)15-4-2-3-14(20-15)18(26)27/h2-4,7,10,12-13H,5-6,8-9,11H2,1H3,(H,26,27). The number of aromatic carboxylic acids is 1. The number of anilines is 1. The zero-order valence-corrected chi connectivity index (χ0v) is 15.1. The van der Waals surface area contributed by atoms with Crippen molar-refractivity contribution in [1.82, 2.24) is 29.3 Å². The van der Waals surface area contributed by atoms with Crippen molar-refractivity contribution in [3.8, 4) is 0 Å². The highest BCUT2D eigenvalue weighted by atomic mass is 16.4. The Bertz CT molecular complexity index is 927. The van der Waals surface area contributed by atoms with Crippen LogP contribution in [0.3, 0.4) is 0 Å². The average molecular weight is 367 g/mol. The Hall–Kier alpha value is -3.23. The molecular formula is C18H21N7O2. The van der Waals surface area contributed by atoms with E-state index in [9.17, 15) is 4.79 Å². The van der Waals surface area contributed by atoms with E-state index >= 15 is 0 Å². The number of carbonyl (C=O) groups is 1. The minimum Gasteiger partial charge on any atom is -0.477 e. The summed E-state index contributed by atoms with van der Waals surface area (Å²) < 4.78 is 4.04. The van der Waals surface area contributed by atoms with Crippen LogP contribution in [-0.4, -0.2) is 53.5 Å². The summed E-state index contributed by atoms with van der Waals surface area (Å²) in [5.41, 5.74) is 0.0760. The van der Waals surface area contributed by atoms with Gasteiger partial charge in [-0.05, 0) is 25.0 Å². The highest BCUT2D eigenvalue weighted by Crippen LogP contribution is 2.29. The van der Waals surface area contributed by atoms with E-state index in [0.717, 1.165) is 37.6 Å². The zero-order chi connectivity index (χ0) is 18.8. The van der Waals surface area contributed by atoms with Crippen molar-refractivity contribution >= 4 is 11.8 Å². The second kappa shape index (κ2) is 7.18. The lowest BCUT2D eigenvalue weighted by Crippen LogP contribution is -2.34. The van der Waals surface area contributed by atoms with Gasteiger partial charge in [-0.25, -0.2) is 14.8 Å². The number of hydrogen-bond donors (Lipinski definition) is 1. The third kappa shape index (κ3) is 3.53. The molecule has 1 aliphatic rings. The second-order valence-electron chi connectivity index (χ2n) is 6.72. The number of carboxylic acid groups (broad SMARTS) is 1. The van der Waals surface area contributed by atoms with Gasteiger partial charge >= 0.3 is 5.97 Å². The monoisotopic (exact) mass is 367 g/mol. The van der Waals surface area contributed by atoms with Crippen LogP contribution in [-0.2, 0) is 13.6 Å². The van der Waals surface area contributed by atoms with E-state index in [1.165, 1.54) is 6.07 Å². The zero-order valence-electron chi connectivity index (χ0n) is 15.1. The molecule has 27 heavy (non-hydrogen) atoms. The first-order valence-corrected chi connectivity index (χ1v) is 8.91. The Morgan fingerprint density at radius 3 is 2.78 bits per heavy atom. The van der Waals surface area contributed by atoms with Gasteiger partial charge in [-0.1, -0.05) is 6.07 Å². The molecule has 4 rings (SSSR count). The third-order valence-corrected chi connectivity index (χ3v) is 5.02. The molecule has 0 unspecified atom stereocenters. The Morgan fingerprint density at radius 2 is 2.07 bits per heavy atom. The summed E-state index contributed by atoms with van der Waals surface area (Å²) >= 11 is 0. The van der Waals surface area contributed by atoms with Gasteiger partial charge in [0.15, 0.2) is 11.5 Å². The first-order chi connectivity index (χ1) is 13.1. The van der Waals surface area contributed by atoms with Crippen LogP contribution in [0.1, 0.15) is 40.9 Å². The Balaban J connectivity index is 1.43. The molecule has 1 fully saturated rings. The molecule has 1 N–H and O–H groups in total. The maximum Gasteiger partial charge on any atom is 0.354 e. The molecule has 0 spiro atoms. The van der Waals surface area contributed by atoms with E-state index in [2.05, 4.69) is 29.6 Å². The number of aromatic nitrogens is 6. The van der Waals surface area contributed by atoms with Crippen molar-refractivity contribution in [2.75, 3.05) is 18.0 Å². The number of hydrogen-bond acceptors (Lipinski definition) is 6. The average Bonchev–Trinajstić information content (AvgIpc) is 3.33. The van der Waals surface area contributed by atoms with Crippen LogP contribution in [0.5, 0.6) is 0 Å². The summed E-state index contributed by atoms with van der Waals surface area (Å²) in [6, 6.07) is 5.11. The number of imidazole rings is 1. The summed E-state index contributed by atoms with van der Waals surface area (Å²) in [5, 5.41) is 17.9. The molecule has 140 valence electrons. The molecular weight excluding hydrogens is 346 g/mol. The second-order valence-corrected chi connectivity index (χ2v) is 6.72. The minimum absolute atomic E-state index is 0.0760. The molecule has 9 nitrogen and oxygen atoms in total. The summed E-state index contributed by atoms with van der Waals surface area (Å²) in [7, 11) is 2.01. The normalized spacial score (nSPS) is 15.2. The van der Waals surface area contributed by atoms with E-state index < -0.39 is 5.97 Å². The Morgan fingerprint density at radius 1 is 1.26 bits per heavy atom. The maximum atomic E-state index is 11.1. The van der Waals surface area contributed by atoms with Crippen molar-refractivity contribution < 1.29 is 9.90 Å². The molecule has 3 aromatic rings. The van der Waals surface area contributed by atoms with E-state index in [1.807, 2.05) is 23.9 Å². The first-order valence-electron chi connectivity index (χ1n) is 8.91. The number of rotatable bonds is 5. The van der Waals surface area contributed by atoms with Gasteiger partial charge in [0.1, 0.15) is 11.6 Å². The van der Waals surface area contributed by atoms with Crippen molar-refractivity contribution in [3.05, 3.63) is 54.3 Å². The van der Waals surface area contributed by atoms with Crippen LogP contribution in [0.2, 0.25) is 0 Å². The number of piperidine rings is 1. The molecule has 0 aliphatic carbocycles. The number of pyridine rings is 1. The fraction of sp³-hybridized carbons (Fsp3) is 0.389. The van der Waals surface area contributed by atoms with Crippen LogP contribution in [0.25, 0.3) is 0 Å². The highest BCUT2D eigenvalue weighted by Gasteiger charge is 2.26. The lowest BCUT2D eigenvalue weighted by Gasteiger charge is -2.32. The van der Waals surface area contributed by atoms with Gasteiger partial charge in [-0.15, -0.1) is 10.2 Å². The molecule has 1 saturated heterocycles. The topological polar surface area (TPSA) is 102 Å². The fourth-order valence-electron chi connectivity index (χ4n) is 3.50. The van der Waals surface area contributed by atoms with Gasteiger partial charge in [-0.2, -0.15) is 0 Å². The Kier molecular flexibility index (Phi) is 4.57. The fourth-order valence-corrected chi connectivity index (χ4v) is 3.50. The van der Waals surface area contributed by atoms with E-state index in [1.54, 1.807) is 18.6 Å². The predicted octanol–water partition coefficient (Wildman–Crippen LogP) is 1.54. The minimum atomic E-state index is -1.00. The summed E-state index contributed by atoms with van der Waals surface area (Å²) in [4.78, 5) is 21.6. The van der Waals surface area contributed by atoms with E-state index in [4.69, 9.17) is 5.11 Å². The number of nitrogens with zero attached hydrogens (tertiary/aromatic N) is 7. The summed E-state index contributed by atoms with van der Waals surface area (Å²) in [5.74, 6) is 1.94. The van der Waals surface area contributed by atoms with Crippen LogP contribution >= 0.6 is 0 Å².